The molecule has 0 aromatic carbocycles. The number of rotatable bonds is 62. The Labute approximate surface area is 462 Å². The lowest BCUT2D eigenvalue weighted by atomic mass is 10.0. The number of amides is 1. The lowest BCUT2D eigenvalue weighted by molar-refractivity contribution is -0.143. The largest absolute Gasteiger partial charge is 0.466 e. The van der Waals surface area contributed by atoms with Gasteiger partial charge in [0, 0.05) is 12.8 Å². The molecule has 436 valence electrons. The highest BCUT2D eigenvalue weighted by atomic mass is 16.5. The Bertz CT molecular complexity index is 1200. The van der Waals surface area contributed by atoms with Crippen molar-refractivity contribution in [2.24, 2.45) is 0 Å². The smallest absolute Gasteiger partial charge is 0.305 e. The van der Waals surface area contributed by atoms with Gasteiger partial charge in [0.2, 0.25) is 5.91 Å². The quantitative estimate of drug-likeness (QED) is 0.0320. The van der Waals surface area contributed by atoms with E-state index >= 15 is 0 Å². The van der Waals surface area contributed by atoms with Crippen molar-refractivity contribution in [2.75, 3.05) is 13.2 Å². The van der Waals surface area contributed by atoms with Crippen LogP contribution in [-0.4, -0.2) is 47.4 Å². The van der Waals surface area contributed by atoms with Crippen LogP contribution in [0.25, 0.3) is 0 Å². The number of ether oxygens (including phenoxy) is 1. The van der Waals surface area contributed by atoms with Crippen LogP contribution in [0.5, 0.6) is 0 Å². The standard InChI is InChI=1S/C68H129NO5/c1-3-5-7-9-11-13-15-17-19-20-29-33-36-40-44-48-52-56-60-66(71)65(64-70)69-67(72)61-57-53-49-45-41-37-34-30-27-25-23-21-22-24-26-28-31-35-39-43-47-51-55-59-63-74-68(73)62-58-54-50-46-42-38-32-18-16-14-12-10-8-6-4-2/h12,14,18,32,56,60,65-66,70-71H,3-11,13,15-17,19-31,33-55,57-59,61-64H2,1-2H3,(H,69,72)/b14-12-,32-18-,60-56+. The van der Waals surface area contributed by atoms with E-state index in [9.17, 15) is 19.8 Å². The maximum Gasteiger partial charge on any atom is 0.305 e. The molecular formula is C68H129NO5. The van der Waals surface area contributed by atoms with Gasteiger partial charge in [-0.3, -0.25) is 9.59 Å². The van der Waals surface area contributed by atoms with Gasteiger partial charge >= 0.3 is 5.97 Å². The monoisotopic (exact) mass is 1040 g/mol. The Morgan fingerprint density at radius 2 is 0.676 bits per heavy atom. The highest BCUT2D eigenvalue weighted by Crippen LogP contribution is 2.18. The molecule has 6 heteroatoms. The average Bonchev–Trinajstić information content (AvgIpc) is 3.40. The van der Waals surface area contributed by atoms with Crippen molar-refractivity contribution in [1.29, 1.82) is 0 Å². The van der Waals surface area contributed by atoms with Crippen molar-refractivity contribution < 1.29 is 24.5 Å². The number of aliphatic hydroxyl groups is 2. The average molecular weight is 1040 g/mol. The molecule has 0 bridgehead atoms. The van der Waals surface area contributed by atoms with Crippen LogP contribution < -0.4 is 5.32 Å². The van der Waals surface area contributed by atoms with Crippen LogP contribution in [0.3, 0.4) is 0 Å². The third-order valence-electron chi connectivity index (χ3n) is 15.4. The lowest BCUT2D eigenvalue weighted by Gasteiger charge is -2.20. The van der Waals surface area contributed by atoms with Gasteiger partial charge in [-0.15, -0.1) is 0 Å². The summed E-state index contributed by atoms with van der Waals surface area (Å²) in [5.74, 6) is -0.0632. The molecule has 0 aliphatic carbocycles. The summed E-state index contributed by atoms with van der Waals surface area (Å²) in [5, 5.41) is 23.2. The Kier molecular flexibility index (Phi) is 62.0. The number of hydrogen-bond acceptors (Lipinski definition) is 5. The summed E-state index contributed by atoms with van der Waals surface area (Å²) in [7, 11) is 0. The van der Waals surface area contributed by atoms with E-state index in [1.165, 1.54) is 283 Å². The molecule has 0 spiro atoms. The third-order valence-corrected chi connectivity index (χ3v) is 15.4. The minimum absolute atomic E-state index is 0.00121. The van der Waals surface area contributed by atoms with E-state index in [1.54, 1.807) is 6.08 Å². The molecule has 0 aromatic rings. The highest BCUT2D eigenvalue weighted by molar-refractivity contribution is 5.76. The van der Waals surface area contributed by atoms with Crippen molar-refractivity contribution in [3.8, 4) is 0 Å². The molecule has 0 aromatic heterocycles. The zero-order valence-electron chi connectivity index (χ0n) is 49.8. The molecule has 6 nitrogen and oxygen atoms in total. The van der Waals surface area contributed by atoms with Crippen LogP contribution in [0.1, 0.15) is 361 Å². The molecule has 2 unspecified atom stereocenters. The molecule has 2 atom stereocenters. The fraction of sp³-hybridized carbons (Fsp3) is 0.882. The summed E-state index contributed by atoms with van der Waals surface area (Å²) in [6, 6.07) is -0.628. The molecule has 0 rings (SSSR count). The Morgan fingerprint density at radius 1 is 0.378 bits per heavy atom. The second-order valence-electron chi connectivity index (χ2n) is 22.8. The Morgan fingerprint density at radius 3 is 1.05 bits per heavy atom. The van der Waals surface area contributed by atoms with E-state index in [2.05, 4.69) is 43.5 Å². The van der Waals surface area contributed by atoms with Crippen molar-refractivity contribution in [3.05, 3.63) is 36.5 Å². The second-order valence-corrected chi connectivity index (χ2v) is 22.8. The van der Waals surface area contributed by atoms with Crippen LogP contribution in [-0.2, 0) is 14.3 Å². The number of nitrogens with one attached hydrogen (secondary N) is 1. The maximum atomic E-state index is 12.5. The van der Waals surface area contributed by atoms with Crippen LogP contribution >= 0.6 is 0 Å². The number of aliphatic hydroxyl groups excluding tert-OH is 2. The first kappa shape index (κ1) is 72.1. The number of carbonyl (C=O) groups excluding carboxylic acids is 2. The van der Waals surface area contributed by atoms with Gasteiger partial charge in [-0.25, -0.2) is 0 Å². The number of hydrogen-bond donors (Lipinski definition) is 3. The molecule has 0 saturated carbocycles. The number of carbonyl (C=O) groups is 2. The first-order valence-electron chi connectivity index (χ1n) is 33.3. The fourth-order valence-corrected chi connectivity index (χ4v) is 10.3. The molecule has 0 saturated heterocycles. The van der Waals surface area contributed by atoms with Gasteiger partial charge in [-0.1, -0.05) is 320 Å². The molecule has 0 fully saturated rings. The highest BCUT2D eigenvalue weighted by Gasteiger charge is 2.18. The van der Waals surface area contributed by atoms with E-state index in [0.717, 1.165) is 51.4 Å². The van der Waals surface area contributed by atoms with Gasteiger partial charge in [0.25, 0.3) is 0 Å². The summed E-state index contributed by atoms with van der Waals surface area (Å²) in [5.41, 5.74) is 0. The SMILES string of the molecule is CCCCC/C=C\C/C=C\CCCCCCCC(=O)OCCCCCCCCCCCCCCCCCCCCCCCCCCC(=O)NC(CO)C(O)/C=C/CCCCCCCCCCCCCCCCCC. The minimum Gasteiger partial charge on any atom is -0.466 e. The molecule has 74 heavy (non-hydrogen) atoms. The van der Waals surface area contributed by atoms with Gasteiger partial charge in [-0.2, -0.15) is 0 Å². The molecule has 3 N–H and O–H groups in total. The fourth-order valence-electron chi connectivity index (χ4n) is 10.3. The van der Waals surface area contributed by atoms with E-state index in [-0.39, 0.29) is 18.5 Å². The van der Waals surface area contributed by atoms with Crippen molar-refractivity contribution >= 4 is 11.9 Å². The molecule has 0 aliphatic rings. The molecule has 0 radical (unpaired) electrons. The minimum atomic E-state index is -0.844. The summed E-state index contributed by atoms with van der Waals surface area (Å²) >= 11 is 0. The first-order chi connectivity index (χ1) is 36.5. The summed E-state index contributed by atoms with van der Waals surface area (Å²) < 4.78 is 5.48. The topological polar surface area (TPSA) is 95.9 Å². The van der Waals surface area contributed by atoms with Gasteiger partial charge in [-0.05, 0) is 64.2 Å². The summed E-state index contributed by atoms with van der Waals surface area (Å²) in [6.07, 6.45) is 80.6. The number of allylic oxidation sites excluding steroid dienone is 5. The van der Waals surface area contributed by atoms with Crippen LogP contribution in [0.4, 0.5) is 0 Å². The van der Waals surface area contributed by atoms with E-state index < -0.39 is 12.1 Å². The van der Waals surface area contributed by atoms with Crippen LogP contribution in [0.15, 0.2) is 36.5 Å². The molecule has 1 amide bonds. The zero-order valence-corrected chi connectivity index (χ0v) is 49.8. The lowest BCUT2D eigenvalue weighted by Crippen LogP contribution is -2.45. The third kappa shape index (κ3) is 59.3. The van der Waals surface area contributed by atoms with Crippen molar-refractivity contribution in [2.45, 2.75) is 373 Å². The first-order valence-corrected chi connectivity index (χ1v) is 33.3. The predicted molar refractivity (Wildman–Crippen MR) is 324 cm³/mol. The number of esters is 1. The molecule has 0 heterocycles. The maximum absolute atomic E-state index is 12.5. The van der Waals surface area contributed by atoms with Gasteiger partial charge < -0.3 is 20.3 Å². The second kappa shape index (κ2) is 63.6. The van der Waals surface area contributed by atoms with Gasteiger partial charge in [0.1, 0.15) is 0 Å². The zero-order chi connectivity index (χ0) is 53.6. The summed E-state index contributed by atoms with van der Waals surface area (Å²) in [4.78, 5) is 24.6. The molecule has 0 aliphatic heterocycles. The van der Waals surface area contributed by atoms with Crippen molar-refractivity contribution in [1.82, 2.24) is 5.32 Å². The van der Waals surface area contributed by atoms with Gasteiger partial charge in [0.05, 0.1) is 25.4 Å². The Hall–Kier alpha value is -1.92. The summed E-state index contributed by atoms with van der Waals surface area (Å²) in [6.45, 7) is 4.90. The number of unbranched alkanes of at least 4 members (excludes halogenated alkanes) is 47. The van der Waals surface area contributed by atoms with Crippen LogP contribution in [0, 0.1) is 0 Å². The van der Waals surface area contributed by atoms with Crippen LogP contribution in [0.2, 0.25) is 0 Å². The van der Waals surface area contributed by atoms with E-state index in [0.29, 0.717) is 19.4 Å². The van der Waals surface area contributed by atoms with E-state index in [4.69, 9.17) is 4.74 Å². The normalized spacial score (nSPS) is 12.8. The van der Waals surface area contributed by atoms with E-state index in [1.807, 2.05) is 6.08 Å². The Balaban J connectivity index is 3.40. The van der Waals surface area contributed by atoms with Crippen molar-refractivity contribution in [3.63, 3.8) is 0 Å². The molecular weight excluding hydrogens is 911 g/mol. The van der Waals surface area contributed by atoms with Gasteiger partial charge in [0.15, 0.2) is 0 Å². The predicted octanol–water partition coefficient (Wildman–Crippen LogP) is 21.1.